The maximum Gasteiger partial charge on any atom is 0.220 e. The summed E-state index contributed by atoms with van der Waals surface area (Å²) < 4.78 is 34.4. The van der Waals surface area contributed by atoms with Crippen LogP contribution in [0.3, 0.4) is 0 Å². The van der Waals surface area contributed by atoms with Crippen LogP contribution in [0.5, 0.6) is 0 Å². The van der Waals surface area contributed by atoms with Crippen LogP contribution in [0, 0.1) is 0 Å². The van der Waals surface area contributed by atoms with Gasteiger partial charge >= 0.3 is 0 Å². The molecular formula is C86H141NO18. The minimum atomic E-state index is -1.99. The second kappa shape index (κ2) is 64.3. The van der Waals surface area contributed by atoms with Gasteiger partial charge in [0.1, 0.15) is 73.2 Å². The molecule has 3 aliphatic rings. The van der Waals surface area contributed by atoms with Crippen LogP contribution >= 0.6 is 0 Å². The lowest BCUT2D eigenvalue weighted by atomic mass is 9.96. The maximum absolute atomic E-state index is 13.5. The van der Waals surface area contributed by atoms with Crippen LogP contribution in [0.4, 0.5) is 0 Å². The molecule has 0 saturated carbocycles. The number of allylic oxidation sites excluding steroid dienone is 25. The summed E-state index contributed by atoms with van der Waals surface area (Å²) >= 11 is 0. The highest BCUT2D eigenvalue weighted by molar-refractivity contribution is 5.76. The lowest BCUT2D eigenvalue weighted by molar-refractivity contribution is -0.379. The Kier molecular flexibility index (Phi) is 57.9. The second-order valence-electron chi connectivity index (χ2n) is 27.8. The fourth-order valence-electron chi connectivity index (χ4n) is 12.4. The Morgan fingerprint density at radius 3 is 1.07 bits per heavy atom. The molecule has 0 bridgehead atoms. The van der Waals surface area contributed by atoms with E-state index in [1.807, 2.05) is 6.08 Å². The van der Waals surface area contributed by atoms with E-state index in [-0.39, 0.29) is 18.9 Å². The third kappa shape index (κ3) is 44.0. The summed E-state index contributed by atoms with van der Waals surface area (Å²) in [4.78, 5) is 13.5. The van der Waals surface area contributed by atoms with Crippen molar-refractivity contribution in [2.75, 3.05) is 26.4 Å². The standard InChI is InChI=1S/C86H141NO18/c1-3-5-7-9-11-13-15-17-19-21-23-24-25-26-27-28-29-30-31-32-33-34-35-36-37-38-39-40-41-42-43-44-46-48-50-52-54-56-58-60-62-64-74(92)87-69(70(91)63-61-59-57-55-53-51-49-47-45-22-20-18-16-14-12-10-8-6-4-2)68-100-84-80(98)77(95)82(72(66-89)102-84)105-86-81(99)78(96)83(73(67-90)103-86)104-85-79(97)76(94)75(93)71(65-88)101-85/h5,7,11,13,17,19,23-24,26-27,29-30,32-33,35-36,38-39,41-42,45,47,53,55,61,63,69-73,75-86,88-91,93-99H,3-4,6,8-10,12,14-16,18,20-22,25,28,31,34,37,40,43-44,46,48-52,54,56-60,62,64-68H2,1-2H3,(H,87,92)/b7-5-,13-11-,19-17-,24-23-,27-26-,30-29-,33-32-,36-35-,39-38-,42-41-,47-45+,55-53+,63-61+. The maximum atomic E-state index is 13.5. The highest BCUT2D eigenvalue weighted by Gasteiger charge is 2.54. The SMILES string of the molecule is CC/C=C\C/C=C\C/C=C\C/C=C\C/C=C\C/C=C\C/C=C\C/C=C\C/C=C\C/C=C\CCCCCCCCCCCCC(=O)NC(COC1OC(CO)C(OC2OC(CO)C(OC3OC(CO)C(O)C(O)C3O)C(O)C2O)C(O)C1O)C(O)/C=C/CC/C=C/CC/C=C/CCCCCCCCCCC. The predicted molar refractivity (Wildman–Crippen MR) is 419 cm³/mol. The summed E-state index contributed by atoms with van der Waals surface area (Å²) in [6.07, 6.45) is 68.0. The third-order valence-corrected chi connectivity index (χ3v) is 18.8. The van der Waals surface area contributed by atoms with E-state index >= 15 is 0 Å². The number of hydrogen-bond donors (Lipinski definition) is 12. The van der Waals surface area contributed by atoms with Crippen LogP contribution in [0.2, 0.25) is 0 Å². The Balaban J connectivity index is 1.35. The highest BCUT2D eigenvalue weighted by atomic mass is 16.8. The topological polar surface area (TPSA) is 307 Å². The van der Waals surface area contributed by atoms with Gasteiger partial charge in [-0.05, 0) is 122 Å². The zero-order valence-corrected chi connectivity index (χ0v) is 63.9. The minimum Gasteiger partial charge on any atom is -0.394 e. The first kappa shape index (κ1) is 94.6. The van der Waals surface area contributed by atoms with Crippen LogP contribution in [-0.2, 0) is 33.2 Å². The Morgan fingerprint density at radius 1 is 0.352 bits per heavy atom. The van der Waals surface area contributed by atoms with Gasteiger partial charge in [-0.15, -0.1) is 0 Å². The smallest absolute Gasteiger partial charge is 0.220 e. The number of nitrogens with one attached hydrogen (secondary N) is 1. The summed E-state index contributed by atoms with van der Waals surface area (Å²) in [6.45, 7) is 1.58. The number of aliphatic hydroxyl groups excluding tert-OH is 11. The van der Waals surface area contributed by atoms with Crippen LogP contribution in [0.1, 0.15) is 245 Å². The Bertz CT molecular complexity index is 2520. The predicted octanol–water partition coefficient (Wildman–Crippen LogP) is 13.6. The summed E-state index contributed by atoms with van der Waals surface area (Å²) in [5, 5.41) is 121. The number of carbonyl (C=O) groups excluding carboxylic acids is 1. The number of carbonyl (C=O) groups is 1. The Labute approximate surface area is 631 Å². The average molecular weight is 1480 g/mol. The molecule has 19 heteroatoms. The number of unbranched alkanes of at least 4 members (excludes halogenated alkanes) is 21. The summed E-state index contributed by atoms with van der Waals surface area (Å²) in [5.41, 5.74) is 0. The minimum absolute atomic E-state index is 0.217. The van der Waals surface area contributed by atoms with Gasteiger partial charge in [0.05, 0.1) is 38.6 Å². The second-order valence-corrected chi connectivity index (χ2v) is 27.8. The van der Waals surface area contributed by atoms with Crippen LogP contribution in [-0.4, -0.2) is 193 Å². The van der Waals surface area contributed by atoms with E-state index in [0.29, 0.717) is 12.8 Å². The molecule has 0 aliphatic carbocycles. The number of amides is 1. The summed E-state index contributed by atoms with van der Waals surface area (Å²) in [5.74, 6) is -0.300. The molecule has 1 amide bonds. The fraction of sp³-hybridized carbons (Fsp3) is 0.686. The first-order valence-corrected chi connectivity index (χ1v) is 40.2. The zero-order chi connectivity index (χ0) is 76.0. The molecule has 0 aromatic carbocycles. The van der Waals surface area contributed by atoms with Gasteiger partial charge in [0.25, 0.3) is 0 Å². The van der Waals surface area contributed by atoms with E-state index in [0.717, 1.165) is 122 Å². The zero-order valence-electron chi connectivity index (χ0n) is 63.9. The van der Waals surface area contributed by atoms with Crippen LogP contribution in [0.25, 0.3) is 0 Å². The average Bonchev–Trinajstić information content (AvgIpc) is 0.781. The van der Waals surface area contributed by atoms with Gasteiger partial charge in [-0.25, -0.2) is 0 Å². The summed E-state index contributed by atoms with van der Waals surface area (Å²) in [7, 11) is 0. The third-order valence-electron chi connectivity index (χ3n) is 18.8. The normalized spacial score (nSPS) is 26.7. The van der Waals surface area contributed by atoms with E-state index in [1.54, 1.807) is 6.08 Å². The molecule has 3 fully saturated rings. The Morgan fingerprint density at radius 2 is 0.667 bits per heavy atom. The van der Waals surface area contributed by atoms with Crippen molar-refractivity contribution in [1.82, 2.24) is 5.32 Å². The van der Waals surface area contributed by atoms with E-state index in [9.17, 15) is 61.0 Å². The monoisotopic (exact) mass is 1480 g/mol. The molecule has 12 N–H and O–H groups in total. The van der Waals surface area contributed by atoms with Crippen molar-refractivity contribution in [3.8, 4) is 0 Å². The van der Waals surface area contributed by atoms with Crippen LogP contribution in [0.15, 0.2) is 158 Å². The molecule has 3 rings (SSSR count). The van der Waals surface area contributed by atoms with Gasteiger partial charge in [0, 0.05) is 6.42 Å². The molecule has 0 aromatic rings. The number of ether oxygens (including phenoxy) is 6. The van der Waals surface area contributed by atoms with Crippen molar-refractivity contribution in [3.05, 3.63) is 158 Å². The van der Waals surface area contributed by atoms with Gasteiger partial charge in [-0.3, -0.25) is 4.79 Å². The van der Waals surface area contributed by atoms with E-state index in [2.05, 4.69) is 165 Å². The molecule has 3 saturated heterocycles. The fourth-order valence-corrected chi connectivity index (χ4v) is 12.4. The van der Waals surface area contributed by atoms with Gasteiger partial charge < -0.3 is 89.9 Å². The summed E-state index contributed by atoms with van der Waals surface area (Å²) in [6, 6.07) is -1.01. The Hall–Kier alpha value is -4.59. The molecule has 3 heterocycles. The molecule has 19 nitrogen and oxygen atoms in total. The van der Waals surface area contributed by atoms with Gasteiger partial charge in [0.2, 0.25) is 5.91 Å². The number of aliphatic hydroxyl groups is 11. The molecular weight excluding hydrogens is 1330 g/mol. The molecule has 0 aromatic heterocycles. The number of rotatable bonds is 61. The number of hydrogen-bond acceptors (Lipinski definition) is 18. The van der Waals surface area contributed by atoms with Crippen molar-refractivity contribution >= 4 is 5.91 Å². The van der Waals surface area contributed by atoms with E-state index < -0.39 is 124 Å². The van der Waals surface area contributed by atoms with E-state index in [4.69, 9.17) is 28.4 Å². The van der Waals surface area contributed by atoms with Gasteiger partial charge in [-0.2, -0.15) is 0 Å². The first-order chi connectivity index (χ1) is 51.3. The van der Waals surface area contributed by atoms with Crippen molar-refractivity contribution in [2.24, 2.45) is 0 Å². The van der Waals surface area contributed by atoms with Crippen molar-refractivity contribution in [1.29, 1.82) is 0 Å². The van der Waals surface area contributed by atoms with Crippen LogP contribution < -0.4 is 5.32 Å². The molecule has 3 aliphatic heterocycles. The van der Waals surface area contributed by atoms with Gasteiger partial charge in [0.15, 0.2) is 18.9 Å². The lowest BCUT2D eigenvalue weighted by Gasteiger charge is -2.48. The molecule has 17 atom stereocenters. The quantitative estimate of drug-likeness (QED) is 0.0199. The molecule has 0 radical (unpaired) electrons. The lowest BCUT2D eigenvalue weighted by Crippen LogP contribution is -2.66. The molecule has 598 valence electrons. The van der Waals surface area contributed by atoms with Crippen molar-refractivity contribution in [2.45, 2.75) is 349 Å². The molecule has 0 spiro atoms. The largest absolute Gasteiger partial charge is 0.394 e. The molecule has 105 heavy (non-hydrogen) atoms. The first-order valence-electron chi connectivity index (χ1n) is 40.2. The highest BCUT2D eigenvalue weighted by Crippen LogP contribution is 2.33. The van der Waals surface area contributed by atoms with E-state index in [1.165, 1.54) is 89.9 Å². The van der Waals surface area contributed by atoms with Crippen molar-refractivity contribution in [3.63, 3.8) is 0 Å². The van der Waals surface area contributed by atoms with Crippen molar-refractivity contribution < 1.29 is 89.4 Å². The van der Waals surface area contributed by atoms with Gasteiger partial charge in [-0.1, -0.05) is 275 Å². The molecule has 17 unspecified atom stereocenters.